The molecule has 0 bridgehead atoms. The minimum absolute atomic E-state index is 0.0747. The molecule has 0 spiro atoms. The maximum atomic E-state index is 9.38. The first-order valence-electron chi connectivity index (χ1n) is 10.8. The largest absolute Gasteiger partial charge is 0.493 e. The molecule has 4 rings (SSSR count). The van der Waals surface area contributed by atoms with E-state index in [0.29, 0.717) is 29.5 Å². The molecule has 0 saturated carbocycles. The fraction of sp³-hybridized carbons (Fsp3) is 0.222. The number of hydrogen-bond acceptors (Lipinski definition) is 6. The Labute approximate surface area is 193 Å². The van der Waals surface area contributed by atoms with Gasteiger partial charge >= 0.3 is 0 Å². The van der Waals surface area contributed by atoms with Gasteiger partial charge in [-0.2, -0.15) is 10.4 Å². The van der Waals surface area contributed by atoms with Gasteiger partial charge in [0.05, 0.1) is 30.5 Å². The van der Waals surface area contributed by atoms with Gasteiger partial charge in [-0.05, 0) is 55.7 Å². The average molecular weight is 439 g/mol. The molecule has 0 saturated heterocycles. The van der Waals surface area contributed by atoms with Crippen molar-refractivity contribution in [2.75, 3.05) is 12.4 Å². The maximum Gasteiger partial charge on any atom is 0.162 e. The zero-order valence-corrected chi connectivity index (χ0v) is 19.2. The van der Waals surface area contributed by atoms with Crippen LogP contribution in [0.1, 0.15) is 40.9 Å². The molecule has 4 aromatic rings. The van der Waals surface area contributed by atoms with Crippen LogP contribution >= 0.6 is 0 Å². The zero-order chi connectivity index (χ0) is 23.4. The van der Waals surface area contributed by atoms with Gasteiger partial charge in [-0.1, -0.05) is 42.5 Å². The summed E-state index contributed by atoms with van der Waals surface area (Å²) in [5.74, 6) is 1.93. The third-order valence-corrected chi connectivity index (χ3v) is 5.80. The van der Waals surface area contributed by atoms with Crippen LogP contribution in [-0.2, 0) is 6.61 Å². The summed E-state index contributed by atoms with van der Waals surface area (Å²) >= 11 is 0. The number of methoxy groups -OCH3 is 1. The summed E-state index contributed by atoms with van der Waals surface area (Å²) in [5.41, 5.74) is 4.54. The van der Waals surface area contributed by atoms with Gasteiger partial charge in [-0.15, -0.1) is 5.10 Å². The van der Waals surface area contributed by atoms with Crippen LogP contribution in [0.25, 0.3) is 10.8 Å². The van der Waals surface area contributed by atoms with E-state index in [0.717, 1.165) is 33.2 Å². The highest BCUT2D eigenvalue weighted by Crippen LogP contribution is 2.37. The van der Waals surface area contributed by atoms with Crippen molar-refractivity contribution < 1.29 is 9.47 Å². The number of nitrogens with zero attached hydrogens (tertiary/aromatic N) is 3. The minimum atomic E-state index is -0.0747. The van der Waals surface area contributed by atoms with Crippen LogP contribution in [0.3, 0.4) is 0 Å². The molecule has 0 aliphatic carbocycles. The summed E-state index contributed by atoms with van der Waals surface area (Å²) in [6, 6.07) is 21.8. The lowest BCUT2D eigenvalue weighted by atomic mass is 9.98. The van der Waals surface area contributed by atoms with Gasteiger partial charge < -0.3 is 14.8 Å². The van der Waals surface area contributed by atoms with Gasteiger partial charge in [0, 0.05) is 10.8 Å². The molecule has 0 aliphatic heterocycles. The summed E-state index contributed by atoms with van der Waals surface area (Å²) in [5, 5.41) is 23.5. The van der Waals surface area contributed by atoms with Crippen molar-refractivity contribution >= 4 is 16.6 Å². The van der Waals surface area contributed by atoms with Crippen molar-refractivity contribution in [1.82, 2.24) is 10.2 Å². The predicted octanol–water partition coefficient (Wildman–Crippen LogP) is 5.88. The number of benzene rings is 3. The Morgan fingerprint density at radius 3 is 2.45 bits per heavy atom. The summed E-state index contributed by atoms with van der Waals surface area (Å²) in [6.07, 6.45) is 0. The molecule has 0 aliphatic rings. The SMILES string of the molecule is COc1cc2c(C)nnc(N[C@H](C)c3cccc(C#N)c3C)c2cc1OCc1ccccc1. The van der Waals surface area contributed by atoms with Crippen LogP contribution in [-0.4, -0.2) is 17.3 Å². The number of aromatic nitrogens is 2. The lowest BCUT2D eigenvalue weighted by Crippen LogP contribution is -2.11. The number of rotatable bonds is 7. The molecule has 166 valence electrons. The molecule has 1 aromatic heterocycles. The molecule has 33 heavy (non-hydrogen) atoms. The highest BCUT2D eigenvalue weighted by Gasteiger charge is 2.17. The van der Waals surface area contributed by atoms with Crippen molar-refractivity contribution in [3.05, 3.63) is 88.6 Å². The summed E-state index contributed by atoms with van der Waals surface area (Å²) in [6.45, 7) is 6.37. The number of ether oxygens (including phenoxy) is 2. The predicted molar refractivity (Wildman–Crippen MR) is 130 cm³/mol. The van der Waals surface area contributed by atoms with Gasteiger partial charge in [0.15, 0.2) is 17.3 Å². The molecule has 1 heterocycles. The van der Waals surface area contributed by atoms with E-state index in [1.54, 1.807) is 7.11 Å². The Kier molecular flexibility index (Phi) is 6.41. The summed E-state index contributed by atoms with van der Waals surface area (Å²) < 4.78 is 11.7. The number of aryl methyl sites for hydroxylation is 1. The second kappa shape index (κ2) is 9.58. The van der Waals surface area contributed by atoms with E-state index in [1.165, 1.54) is 0 Å². The smallest absolute Gasteiger partial charge is 0.162 e. The molecule has 0 radical (unpaired) electrons. The van der Waals surface area contributed by atoms with Crippen LogP contribution < -0.4 is 14.8 Å². The molecule has 0 fully saturated rings. The Hall–Kier alpha value is -4.11. The topological polar surface area (TPSA) is 80.1 Å². The van der Waals surface area contributed by atoms with Gasteiger partial charge in [-0.25, -0.2) is 0 Å². The lowest BCUT2D eigenvalue weighted by molar-refractivity contribution is 0.285. The number of anilines is 1. The minimum Gasteiger partial charge on any atom is -0.493 e. The second-order valence-electron chi connectivity index (χ2n) is 7.95. The standard InChI is InChI=1S/C27H26N4O2/c1-17-21(15-28)11-8-12-22(17)18(2)29-27-24-14-26(33-16-20-9-6-5-7-10-20)25(32-4)13-23(24)19(3)30-31-27/h5-14,18H,16H2,1-4H3,(H,29,31)/t18-/m1/s1. The summed E-state index contributed by atoms with van der Waals surface area (Å²) in [4.78, 5) is 0. The number of nitrogens with one attached hydrogen (secondary N) is 1. The first-order valence-corrected chi connectivity index (χ1v) is 10.8. The number of nitriles is 1. The fourth-order valence-electron chi connectivity index (χ4n) is 3.93. The Bertz CT molecular complexity index is 1330. The van der Waals surface area contributed by atoms with E-state index >= 15 is 0 Å². The molecular formula is C27H26N4O2. The molecule has 6 nitrogen and oxygen atoms in total. The van der Waals surface area contributed by atoms with E-state index in [2.05, 4.69) is 21.6 Å². The van der Waals surface area contributed by atoms with Crippen LogP contribution in [0, 0.1) is 25.2 Å². The van der Waals surface area contributed by atoms with E-state index < -0.39 is 0 Å². The molecule has 0 amide bonds. The third kappa shape index (κ3) is 4.58. The maximum absolute atomic E-state index is 9.38. The van der Waals surface area contributed by atoms with Crippen molar-refractivity contribution in [2.24, 2.45) is 0 Å². The third-order valence-electron chi connectivity index (χ3n) is 5.80. The number of fused-ring (bicyclic) bond motifs is 1. The van der Waals surface area contributed by atoms with Crippen LogP contribution in [0.15, 0.2) is 60.7 Å². The quantitative estimate of drug-likeness (QED) is 0.388. The molecule has 6 heteroatoms. The van der Waals surface area contributed by atoms with E-state index in [9.17, 15) is 5.26 Å². The lowest BCUT2D eigenvalue weighted by Gasteiger charge is -2.20. The molecule has 3 aromatic carbocycles. The van der Waals surface area contributed by atoms with E-state index in [4.69, 9.17) is 9.47 Å². The molecule has 1 atom stereocenters. The first-order chi connectivity index (χ1) is 16.0. The zero-order valence-electron chi connectivity index (χ0n) is 19.2. The van der Waals surface area contributed by atoms with Crippen LogP contribution in [0.2, 0.25) is 0 Å². The van der Waals surface area contributed by atoms with E-state index in [-0.39, 0.29) is 6.04 Å². The average Bonchev–Trinajstić information content (AvgIpc) is 2.84. The van der Waals surface area contributed by atoms with Crippen molar-refractivity contribution in [3.63, 3.8) is 0 Å². The Morgan fingerprint density at radius 1 is 0.970 bits per heavy atom. The Balaban J connectivity index is 1.71. The van der Waals surface area contributed by atoms with Gasteiger partial charge in [0.2, 0.25) is 0 Å². The van der Waals surface area contributed by atoms with Crippen LogP contribution in [0.4, 0.5) is 5.82 Å². The van der Waals surface area contributed by atoms with E-state index in [1.807, 2.05) is 81.4 Å². The van der Waals surface area contributed by atoms with Crippen LogP contribution in [0.5, 0.6) is 11.5 Å². The highest BCUT2D eigenvalue weighted by molar-refractivity contribution is 5.95. The van der Waals surface area contributed by atoms with Crippen molar-refractivity contribution in [2.45, 2.75) is 33.4 Å². The molecule has 1 N–H and O–H groups in total. The second-order valence-corrected chi connectivity index (χ2v) is 7.95. The summed E-state index contributed by atoms with van der Waals surface area (Å²) in [7, 11) is 1.63. The number of hydrogen-bond donors (Lipinski definition) is 1. The fourth-order valence-corrected chi connectivity index (χ4v) is 3.93. The molecule has 0 unspecified atom stereocenters. The Morgan fingerprint density at radius 2 is 1.73 bits per heavy atom. The van der Waals surface area contributed by atoms with Crippen molar-refractivity contribution in [1.29, 1.82) is 5.26 Å². The van der Waals surface area contributed by atoms with Gasteiger partial charge in [-0.3, -0.25) is 0 Å². The molecular weight excluding hydrogens is 412 g/mol. The van der Waals surface area contributed by atoms with Crippen molar-refractivity contribution in [3.8, 4) is 17.6 Å². The first kappa shape index (κ1) is 22.1. The normalized spacial score (nSPS) is 11.6. The highest BCUT2D eigenvalue weighted by atomic mass is 16.5. The monoisotopic (exact) mass is 438 g/mol. The van der Waals surface area contributed by atoms with Gasteiger partial charge in [0.1, 0.15) is 6.61 Å². The van der Waals surface area contributed by atoms with Gasteiger partial charge in [0.25, 0.3) is 0 Å².